The molecule has 0 saturated heterocycles. The lowest BCUT2D eigenvalue weighted by Gasteiger charge is -2.08. The van der Waals surface area contributed by atoms with Crippen molar-refractivity contribution in [1.29, 1.82) is 0 Å². The predicted octanol–water partition coefficient (Wildman–Crippen LogP) is 5.14. The SMILES string of the molecule is Cc1cc(Br)ccc1NC(=O)c1c[nH]c2ccc(Cl)cc12. The molecule has 3 nitrogen and oxygen atoms in total. The Hall–Kier alpha value is -1.78. The molecule has 3 aromatic rings. The standard InChI is InChI=1S/C16H12BrClN2O/c1-9-6-10(17)2-4-14(9)20-16(21)13-8-19-15-5-3-11(18)7-12(13)15/h2-8,19H,1H3,(H,20,21). The highest BCUT2D eigenvalue weighted by Crippen LogP contribution is 2.25. The van der Waals surface area contributed by atoms with E-state index in [9.17, 15) is 4.79 Å². The lowest BCUT2D eigenvalue weighted by Crippen LogP contribution is -2.12. The lowest BCUT2D eigenvalue weighted by atomic mass is 10.1. The summed E-state index contributed by atoms with van der Waals surface area (Å²) in [5.41, 5.74) is 3.25. The summed E-state index contributed by atoms with van der Waals surface area (Å²) >= 11 is 9.41. The second kappa shape index (κ2) is 5.54. The van der Waals surface area contributed by atoms with Gasteiger partial charge in [-0.05, 0) is 48.9 Å². The number of hydrogen-bond donors (Lipinski definition) is 2. The molecule has 106 valence electrons. The van der Waals surface area contributed by atoms with E-state index in [4.69, 9.17) is 11.6 Å². The number of benzene rings is 2. The molecule has 0 saturated carbocycles. The number of anilines is 1. The number of aromatic amines is 1. The Labute approximate surface area is 135 Å². The summed E-state index contributed by atoms with van der Waals surface area (Å²) < 4.78 is 0.983. The summed E-state index contributed by atoms with van der Waals surface area (Å²) in [6.07, 6.45) is 1.70. The summed E-state index contributed by atoms with van der Waals surface area (Å²) in [6, 6.07) is 11.2. The zero-order chi connectivity index (χ0) is 15.0. The number of amides is 1. The summed E-state index contributed by atoms with van der Waals surface area (Å²) in [7, 11) is 0. The summed E-state index contributed by atoms with van der Waals surface area (Å²) in [5, 5.41) is 4.35. The van der Waals surface area contributed by atoms with Gasteiger partial charge in [0.25, 0.3) is 5.91 Å². The normalized spacial score (nSPS) is 10.8. The van der Waals surface area contributed by atoms with Crippen molar-refractivity contribution in [2.45, 2.75) is 6.92 Å². The Morgan fingerprint density at radius 2 is 2.05 bits per heavy atom. The number of hydrogen-bond acceptors (Lipinski definition) is 1. The van der Waals surface area contributed by atoms with Crippen molar-refractivity contribution < 1.29 is 4.79 Å². The first-order valence-electron chi connectivity index (χ1n) is 6.39. The minimum atomic E-state index is -0.158. The van der Waals surface area contributed by atoms with Gasteiger partial charge in [0, 0.05) is 32.3 Å². The van der Waals surface area contributed by atoms with Gasteiger partial charge in [-0.1, -0.05) is 27.5 Å². The first kappa shape index (κ1) is 14.2. The quantitative estimate of drug-likeness (QED) is 0.650. The Morgan fingerprint density at radius 3 is 2.81 bits per heavy atom. The van der Waals surface area contributed by atoms with Gasteiger partial charge in [-0.25, -0.2) is 0 Å². The number of H-pyrrole nitrogens is 1. The van der Waals surface area contributed by atoms with E-state index >= 15 is 0 Å². The van der Waals surface area contributed by atoms with Gasteiger partial charge in [0.1, 0.15) is 0 Å². The van der Waals surface area contributed by atoms with Crippen LogP contribution in [0.1, 0.15) is 15.9 Å². The minimum absolute atomic E-state index is 0.158. The predicted molar refractivity (Wildman–Crippen MR) is 90.1 cm³/mol. The first-order valence-corrected chi connectivity index (χ1v) is 7.56. The van der Waals surface area contributed by atoms with Gasteiger partial charge in [-0.2, -0.15) is 0 Å². The van der Waals surface area contributed by atoms with Crippen LogP contribution in [0.2, 0.25) is 5.02 Å². The molecule has 0 aliphatic rings. The summed E-state index contributed by atoms with van der Waals surface area (Å²) in [5.74, 6) is -0.158. The van der Waals surface area contributed by atoms with E-state index in [-0.39, 0.29) is 5.91 Å². The van der Waals surface area contributed by atoms with Gasteiger partial charge in [0.05, 0.1) is 5.56 Å². The van der Waals surface area contributed by atoms with Crippen LogP contribution in [-0.4, -0.2) is 10.9 Å². The Balaban J connectivity index is 1.95. The number of halogens is 2. The van der Waals surface area contributed by atoms with E-state index in [2.05, 4.69) is 26.2 Å². The molecule has 21 heavy (non-hydrogen) atoms. The second-order valence-corrected chi connectivity index (χ2v) is 6.16. The average Bonchev–Trinajstić information content (AvgIpc) is 2.85. The van der Waals surface area contributed by atoms with Crippen LogP contribution >= 0.6 is 27.5 Å². The van der Waals surface area contributed by atoms with Crippen LogP contribution in [0, 0.1) is 6.92 Å². The molecule has 2 aromatic carbocycles. The summed E-state index contributed by atoms with van der Waals surface area (Å²) in [4.78, 5) is 15.5. The number of carbonyl (C=O) groups excluding carboxylic acids is 1. The molecule has 1 aromatic heterocycles. The zero-order valence-corrected chi connectivity index (χ0v) is 13.5. The molecule has 0 radical (unpaired) electrons. The van der Waals surface area contributed by atoms with Crippen LogP contribution in [0.15, 0.2) is 47.1 Å². The van der Waals surface area contributed by atoms with E-state index < -0.39 is 0 Å². The molecule has 0 unspecified atom stereocenters. The van der Waals surface area contributed by atoms with Gasteiger partial charge in [-0.15, -0.1) is 0 Å². The fraction of sp³-hybridized carbons (Fsp3) is 0.0625. The Kier molecular flexibility index (Phi) is 3.74. The molecule has 0 spiro atoms. The van der Waals surface area contributed by atoms with Crippen molar-refractivity contribution in [1.82, 2.24) is 4.98 Å². The van der Waals surface area contributed by atoms with Gasteiger partial charge in [0.15, 0.2) is 0 Å². The smallest absolute Gasteiger partial charge is 0.257 e. The molecule has 0 atom stereocenters. The van der Waals surface area contributed by atoms with Crippen molar-refractivity contribution in [3.63, 3.8) is 0 Å². The van der Waals surface area contributed by atoms with Crippen molar-refractivity contribution >= 4 is 50.0 Å². The van der Waals surface area contributed by atoms with Crippen LogP contribution in [0.5, 0.6) is 0 Å². The second-order valence-electron chi connectivity index (χ2n) is 4.81. The maximum atomic E-state index is 12.5. The molecule has 1 amide bonds. The van der Waals surface area contributed by atoms with E-state index in [1.54, 1.807) is 18.3 Å². The highest BCUT2D eigenvalue weighted by Gasteiger charge is 2.13. The van der Waals surface area contributed by atoms with Crippen molar-refractivity contribution in [3.8, 4) is 0 Å². The van der Waals surface area contributed by atoms with Gasteiger partial charge in [-0.3, -0.25) is 4.79 Å². The number of nitrogens with one attached hydrogen (secondary N) is 2. The fourth-order valence-corrected chi connectivity index (χ4v) is 2.89. The van der Waals surface area contributed by atoms with Crippen LogP contribution in [-0.2, 0) is 0 Å². The highest BCUT2D eigenvalue weighted by molar-refractivity contribution is 9.10. The van der Waals surface area contributed by atoms with Crippen LogP contribution in [0.3, 0.4) is 0 Å². The van der Waals surface area contributed by atoms with Crippen LogP contribution < -0.4 is 5.32 Å². The number of aromatic nitrogens is 1. The maximum absolute atomic E-state index is 12.5. The van der Waals surface area contributed by atoms with Gasteiger partial charge >= 0.3 is 0 Å². The third kappa shape index (κ3) is 2.82. The third-order valence-electron chi connectivity index (χ3n) is 3.33. The van der Waals surface area contributed by atoms with E-state index in [1.807, 2.05) is 31.2 Å². The van der Waals surface area contributed by atoms with E-state index in [0.717, 1.165) is 26.6 Å². The van der Waals surface area contributed by atoms with Gasteiger partial charge < -0.3 is 10.3 Å². The zero-order valence-electron chi connectivity index (χ0n) is 11.2. The Morgan fingerprint density at radius 1 is 1.24 bits per heavy atom. The monoisotopic (exact) mass is 362 g/mol. The third-order valence-corrected chi connectivity index (χ3v) is 4.05. The molecule has 5 heteroatoms. The topological polar surface area (TPSA) is 44.9 Å². The number of aryl methyl sites for hydroxylation is 1. The van der Waals surface area contributed by atoms with Crippen LogP contribution in [0.25, 0.3) is 10.9 Å². The largest absolute Gasteiger partial charge is 0.360 e. The molecule has 1 heterocycles. The summed E-state index contributed by atoms with van der Waals surface area (Å²) in [6.45, 7) is 1.95. The lowest BCUT2D eigenvalue weighted by molar-refractivity contribution is 0.102. The van der Waals surface area contributed by atoms with E-state index in [0.29, 0.717) is 10.6 Å². The fourth-order valence-electron chi connectivity index (χ4n) is 2.24. The Bertz CT molecular complexity index is 841. The van der Waals surface area contributed by atoms with Crippen molar-refractivity contribution in [2.24, 2.45) is 0 Å². The molecular weight excluding hydrogens is 352 g/mol. The number of fused-ring (bicyclic) bond motifs is 1. The van der Waals surface area contributed by atoms with E-state index in [1.165, 1.54) is 0 Å². The molecule has 0 bridgehead atoms. The molecule has 0 aliphatic heterocycles. The van der Waals surface area contributed by atoms with Crippen LogP contribution in [0.4, 0.5) is 5.69 Å². The van der Waals surface area contributed by atoms with Gasteiger partial charge in [0.2, 0.25) is 0 Å². The molecule has 2 N–H and O–H groups in total. The van der Waals surface area contributed by atoms with Crippen molar-refractivity contribution in [2.75, 3.05) is 5.32 Å². The molecule has 3 rings (SSSR count). The molecule has 0 aliphatic carbocycles. The maximum Gasteiger partial charge on any atom is 0.257 e. The van der Waals surface area contributed by atoms with Crippen molar-refractivity contribution in [3.05, 3.63) is 63.2 Å². The number of carbonyl (C=O) groups is 1. The molecule has 0 fully saturated rings. The average molecular weight is 364 g/mol. The minimum Gasteiger partial charge on any atom is -0.360 e. The number of rotatable bonds is 2. The molecular formula is C16H12BrClN2O. The first-order chi connectivity index (χ1) is 10.0. The highest BCUT2D eigenvalue weighted by atomic mass is 79.9.